The first-order valence-electron chi connectivity index (χ1n) is 13.2. The summed E-state index contributed by atoms with van der Waals surface area (Å²) in [7, 11) is 0. The molecule has 36 heavy (non-hydrogen) atoms. The highest BCUT2D eigenvalue weighted by Crippen LogP contribution is 2.43. The molecule has 2 bridgehead atoms. The van der Waals surface area contributed by atoms with Crippen LogP contribution in [0.1, 0.15) is 47.7 Å². The summed E-state index contributed by atoms with van der Waals surface area (Å²) in [4.78, 5) is 15.4. The van der Waals surface area contributed by atoms with E-state index >= 15 is 0 Å². The van der Waals surface area contributed by atoms with E-state index in [1.54, 1.807) is 0 Å². The molecule has 4 aromatic rings. The Bertz CT molecular complexity index is 1400. The molecule has 0 atom stereocenters. The number of benzene rings is 4. The van der Waals surface area contributed by atoms with Crippen LogP contribution < -0.4 is 0 Å². The standard InChI is InChI=1S/C33H33NO2/c1-3-36-32(35)28-21-27-20-26(24-6-4-23(2)5-7-24)10-13-30(27)31(22-28)25-8-11-29(12-9-25)33-14-17-34(18-15-33)19-16-33/h4-13,20-22H,3,14-19H2,1-2H3. The van der Waals surface area contributed by atoms with Gasteiger partial charge in [0.05, 0.1) is 12.2 Å². The molecule has 3 aliphatic rings. The number of esters is 1. The average Bonchev–Trinajstić information content (AvgIpc) is 2.94. The zero-order valence-electron chi connectivity index (χ0n) is 21.2. The highest BCUT2D eigenvalue weighted by molar-refractivity contribution is 6.04. The number of hydrogen-bond donors (Lipinski definition) is 0. The largest absolute Gasteiger partial charge is 0.462 e. The summed E-state index contributed by atoms with van der Waals surface area (Å²) in [5.41, 5.74) is 8.19. The Hall–Kier alpha value is -3.43. The van der Waals surface area contributed by atoms with Crippen molar-refractivity contribution in [3.05, 3.63) is 95.6 Å². The Labute approximate surface area is 213 Å². The lowest BCUT2D eigenvalue weighted by Crippen LogP contribution is -2.50. The zero-order valence-corrected chi connectivity index (χ0v) is 21.2. The highest BCUT2D eigenvalue weighted by atomic mass is 16.5. The van der Waals surface area contributed by atoms with Crippen molar-refractivity contribution in [1.29, 1.82) is 0 Å². The molecule has 7 rings (SSSR count). The smallest absolute Gasteiger partial charge is 0.338 e. The van der Waals surface area contributed by atoms with Crippen LogP contribution in [0.3, 0.4) is 0 Å². The van der Waals surface area contributed by atoms with Crippen molar-refractivity contribution in [1.82, 2.24) is 4.90 Å². The lowest BCUT2D eigenvalue weighted by Gasteiger charge is -2.49. The highest BCUT2D eigenvalue weighted by Gasteiger charge is 2.40. The fourth-order valence-corrected chi connectivity index (χ4v) is 6.13. The van der Waals surface area contributed by atoms with E-state index in [9.17, 15) is 4.79 Å². The molecular formula is C33H33NO2. The van der Waals surface area contributed by atoms with Gasteiger partial charge >= 0.3 is 5.97 Å². The molecule has 3 heterocycles. The van der Waals surface area contributed by atoms with Gasteiger partial charge < -0.3 is 9.64 Å². The number of ether oxygens (including phenoxy) is 1. The lowest BCUT2D eigenvalue weighted by atomic mass is 9.67. The van der Waals surface area contributed by atoms with Crippen molar-refractivity contribution in [2.45, 2.75) is 38.5 Å². The molecule has 182 valence electrons. The van der Waals surface area contributed by atoms with Crippen LogP contribution in [0.4, 0.5) is 0 Å². The van der Waals surface area contributed by atoms with Crippen LogP contribution >= 0.6 is 0 Å². The van der Waals surface area contributed by atoms with E-state index in [4.69, 9.17) is 4.74 Å². The van der Waals surface area contributed by atoms with Crippen LogP contribution in [-0.4, -0.2) is 37.1 Å². The lowest BCUT2D eigenvalue weighted by molar-refractivity contribution is 0.0526. The maximum atomic E-state index is 12.8. The van der Waals surface area contributed by atoms with Crippen molar-refractivity contribution >= 4 is 16.7 Å². The minimum atomic E-state index is -0.272. The van der Waals surface area contributed by atoms with Crippen LogP contribution in [0.25, 0.3) is 33.0 Å². The summed E-state index contributed by atoms with van der Waals surface area (Å²) in [6.45, 7) is 7.98. The van der Waals surface area contributed by atoms with Gasteiger partial charge in [-0.25, -0.2) is 4.79 Å². The first-order valence-corrected chi connectivity index (χ1v) is 13.2. The van der Waals surface area contributed by atoms with Gasteiger partial charge in [-0.1, -0.05) is 66.2 Å². The third kappa shape index (κ3) is 4.12. The number of aryl methyl sites for hydroxylation is 1. The monoisotopic (exact) mass is 475 g/mol. The van der Waals surface area contributed by atoms with Gasteiger partial charge in [-0.15, -0.1) is 0 Å². The molecule has 3 heteroatoms. The van der Waals surface area contributed by atoms with Crippen molar-refractivity contribution < 1.29 is 9.53 Å². The second-order valence-corrected chi connectivity index (χ2v) is 10.5. The van der Waals surface area contributed by atoms with Gasteiger partial charge in [-0.05, 0) is 115 Å². The molecular weight excluding hydrogens is 442 g/mol. The number of piperidine rings is 3. The Balaban J connectivity index is 1.43. The van der Waals surface area contributed by atoms with Gasteiger partial charge in [0.25, 0.3) is 0 Å². The minimum Gasteiger partial charge on any atom is -0.462 e. The molecule has 0 amide bonds. The van der Waals surface area contributed by atoms with Gasteiger partial charge in [0.1, 0.15) is 0 Å². The Kier molecular flexibility index (Phi) is 5.89. The van der Waals surface area contributed by atoms with E-state index in [1.165, 1.54) is 55.6 Å². The second-order valence-electron chi connectivity index (χ2n) is 10.5. The SMILES string of the molecule is CCOC(=O)c1cc(-c2ccc(C34CCN(CC3)CC4)cc2)c2ccc(-c3ccc(C)cc3)cc2c1. The van der Waals surface area contributed by atoms with E-state index < -0.39 is 0 Å². The predicted octanol–water partition coefficient (Wildman–Crippen LogP) is 7.40. The van der Waals surface area contributed by atoms with E-state index in [-0.39, 0.29) is 5.97 Å². The number of fused-ring (bicyclic) bond motifs is 4. The Morgan fingerprint density at radius 1 is 0.806 bits per heavy atom. The summed E-state index contributed by atoms with van der Waals surface area (Å²) in [5, 5.41) is 2.20. The normalized spacial score (nSPS) is 21.0. The van der Waals surface area contributed by atoms with Gasteiger partial charge in [0.15, 0.2) is 0 Å². The fraction of sp³-hybridized carbons (Fsp3) is 0.303. The van der Waals surface area contributed by atoms with Gasteiger partial charge in [-0.3, -0.25) is 0 Å². The molecule has 0 saturated carbocycles. The van der Waals surface area contributed by atoms with Crippen LogP contribution in [0.5, 0.6) is 0 Å². The number of rotatable bonds is 5. The number of carbonyl (C=O) groups excluding carboxylic acids is 1. The third-order valence-corrected chi connectivity index (χ3v) is 8.38. The molecule has 3 saturated heterocycles. The van der Waals surface area contributed by atoms with Crippen molar-refractivity contribution in [3.8, 4) is 22.3 Å². The van der Waals surface area contributed by atoms with Crippen LogP contribution in [0.2, 0.25) is 0 Å². The van der Waals surface area contributed by atoms with E-state index in [1.807, 2.05) is 19.1 Å². The summed E-state index contributed by atoms with van der Waals surface area (Å²) >= 11 is 0. The van der Waals surface area contributed by atoms with Crippen molar-refractivity contribution in [2.24, 2.45) is 0 Å². The minimum absolute atomic E-state index is 0.272. The van der Waals surface area contributed by atoms with Gasteiger partial charge in [0, 0.05) is 0 Å². The van der Waals surface area contributed by atoms with Gasteiger partial charge in [0.2, 0.25) is 0 Å². The summed E-state index contributed by atoms with van der Waals surface area (Å²) in [6.07, 6.45) is 3.78. The summed E-state index contributed by atoms with van der Waals surface area (Å²) in [6, 6.07) is 28.3. The Morgan fingerprint density at radius 2 is 1.44 bits per heavy atom. The molecule has 3 fully saturated rings. The topological polar surface area (TPSA) is 29.5 Å². The van der Waals surface area contributed by atoms with Crippen LogP contribution in [-0.2, 0) is 10.2 Å². The van der Waals surface area contributed by atoms with Crippen LogP contribution in [0, 0.1) is 6.92 Å². The molecule has 0 N–H and O–H groups in total. The average molecular weight is 476 g/mol. The molecule has 0 spiro atoms. The zero-order chi connectivity index (χ0) is 24.7. The maximum absolute atomic E-state index is 12.8. The van der Waals surface area contributed by atoms with E-state index in [2.05, 4.69) is 78.6 Å². The quantitative estimate of drug-likeness (QED) is 0.282. The molecule has 0 radical (unpaired) electrons. The van der Waals surface area contributed by atoms with Crippen LogP contribution in [0.15, 0.2) is 78.9 Å². The molecule has 0 unspecified atom stereocenters. The number of hydrogen-bond acceptors (Lipinski definition) is 3. The first-order chi connectivity index (χ1) is 17.5. The summed E-state index contributed by atoms with van der Waals surface area (Å²) < 4.78 is 5.38. The number of nitrogens with zero attached hydrogens (tertiary/aromatic N) is 1. The molecule has 4 aromatic carbocycles. The fourth-order valence-electron chi connectivity index (χ4n) is 6.13. The van der Waals surface area contributed by atoms with E-state index in [0.717, 1.165) is 27.5 Å². The van der Waals surface area contributed by atoms with Gasteiger partial charge in [-0.2, -0.15) is 0 Å². The third-order valence-electron chi connectivity index (χ3n) is 8.38. The molecule has 3 aliphatic heterocycles. The predicted molar refractivity (Wildman–Crippen MR) is 147 cm³/mol. The molecule has 0 aromatic heterocycles. The number of carbonyl (C=O) groups is 1. The van der Waals surface area contributed by atoms with Crippen molar-refractivity contribution in [3.63, 3.8) is 0 Å². The Morgan fingerprint density at radius 3 is 2.11 bits per heavy atom. The molecule has 0 aliphatic carbocycles. The maximum Gasteiger partial charge on any atom is 0.338 e. The van der Waals surface area contributed by atoms with E-state index in [0.29, 0.717) is 17.6 Å². The molecule has 3 nitrogen and oxygen atoms in total. The summed E-state index contributed by atoms with van der Waals surface area (Å²) in [5.74, 6) is -0.272. The first kappa shape index (κ1) is 23.0. The van der Waals surface area contributed by atoms with Crippen molar-refractivity contribution in [2.75, 3.05) is 26.2 Å². The second kappa shape index (κ2) is 9.22.